The molecule has 5 rings (SSSR count). The Morgan fingerprint density at radius 2 is 1.94 bits per heavy atom. The van der Waals surface area contributed by atoms with Crippen molar-refractivity contribution in [3.05, 3.63) is 51.4 Å². The van der Waals surface area contributed by atoms with E-state index in [4.69, 9.17) is 9.47 Å². The van der Waals surface area contributed by atoms with Crippen molar-refractivity contribution >= 4 is 33.2 Å². The summed E-state index contributed by atoms with van der Waals surface area (Å²) >= 11 is 1.43. The fourth-order valence-electron chi connectivity index (χ4n) is 4.41. The number of carbonyl (C=O) groups is 1. The van der Waals surface area contributed by atoms with Crippen LogP contribution in [-0.4, -0.2) is 38.3 Å². The summed E-state index contributed by atoms with van der Waals surface area (Å²) < 4.78 is 15.6. The molecule has 0 unspecified atom stereocenters. The van der Waals surface area contributed by atoms with Crippen LogP contribution in [0.4, 0.5) is 0 Å². The third-order valence-electron chi connectivity index (χ3n) is 6.07. The molecule has 0 saturated carbocycles. The molecule has 0 radical (unpaired) electrons. The number of thiophene rings is 1. The van der Waals surface area contributed by atoms with E-state index < -0.39 is 0 Å². The lowest BCUT2D eigenvalue weighted by molar-refractivity contribution is -0.121. The summed E-state index contributed by atoms with van der Waals surface area (Å²) in [5.41, 5.74) is 1.77. The van der Waals surface area contributed by atoms with Crippen molar-refractivity contribution in [2.24, 2.45) is 5.92 Å². The predicted octanol–water partition coefficient (Wildman–Crippen LogP) is 3.73. The van der Waals surface area contributed by atoms with Gasteiger partial charge in [0.15, 0.2) is 11.5 Å². The van der Waals surface area contributed by atoms with E-state index in [0.29, 0.717) is 61.2 Å². The van der Waals surface area contributed by atoms with Gasteiger partial charge in [-0.2, -0.15) is 0 Å². The Hall–Kier alpha value is -3.40. The minimum absolute atomic E-state index is 0.0253. The molecule has 35 heavy (non-hydrogen) atoms. The van der Waals surface area contributed by atoms with Gasteiger partial charge in [-0.3, -0.25) is 18.6 Å². The van der Waals surface area contributed by atoms with Gasteiger partial charge < -0.3 is 14.8 Å². The zero-order chi connectivity index (χ0) is 24.5. The van der Waals surface area contributed by atoms with Gasteiger partial charge in [-0.05, 0) is 48.4 Å². The lowest BCUT2D eigenvalue weighted by Gasteiger charge is -2.21. The first kappa shape index (κ1) is 23.3. The van der Waals surface area contributed by atoms with E-state index in [1.54, 1.807) is 4.57 Å². The van der Waals surface area contributed by atoms with Crippen molar-refractivity contribution < 1.29 is 14.3 Å². The van der Waals surface area contributed by atoms with Gasteiger partial charge in [0.1, 0.15) is 23.7 Å². The number of nitrogens with one attached hydrogen (secondary N) is 1. The van der Waals surface area contributed by atoms with E-state index >= 15 is 0 Å². The Kier molecular flexibility index (Phi) is 6.46. The second kappa shape index (κ2) is 9.69. The first-order valence-electron chi connectivity index (χ1n) is 11.9. The zero-order valence-electron chi connectivity index (χ0n) is 20.1. The van der Waals surface area contributed by atoms with Gasteiger partial charge in [0, 0.05) is 19.4 Å². The molecule has 0 bridgehead atoms. The summed E-state index contributed by atoms with van der Waals surface area (Å²) in [7, 11) is 0. The fraction of sp³-hybridized carbons (Fsp3) is 0.440. The van der Waals surface area contributed by atoms with Crippen molar-refractivity contribution in [2.75, 3.05) is 13.2 Å². The Morgan fingerprint density at radius 1 is 1.14 bits per heavy atom. The number of benzene rings is 1. The maximum atomic E-state index is 13.0. The molecule has 10 heteroatoms. The number of carbonyl (C=O) groups excluding carboxylic acids is 1. The summed E-state index contributed by atoms with van der Waals surface area (Å²) in [5.74, 6) is 3.03. The zero-order valence-corrected chi connectivity index (χ0v) is 20.9. The van der Waals surface area contributed by atoms with Crippen molar-refractivity contribution in [1.82, 2.24) is 24.5 Å². The number of hydrogen-bond donors (Lipinski definition) is 1. The van der Waals surface area contributed by atoms with Crippen molar-refractivity contribution in [1.29, 1.82) is 0 Å². The molecule has 4 heterocycles. The number of ether oxygens (including phenoxy) is 2. The number of hydrogen-bond acceptors (Lipinski definition) is 7. The van der Waals surface area contributed by atoms with Gasteiger partial charge in [0.2, 0.25) is 11.7 Å². The van der Waals surface area contributed by atoms with Gasteiger partial charge in [-0.15, -0.1) is 21.5 Å². The van der Waals surface area contributed by atoms with Crippen LogP contribution in [0.3, 0.4) is 0 Å². The highest BCUT2D eigenvalue weighted by Gasteiger charge is 2.19. The molecule has 1 amide bonds. The molecule has 184 valence electrons. The number of aryl methyl sites for hydroxylation is 1. The van der Waals surface area contributed by atoms with Crippen molar-refractivity contribution in [3.8, 4) is 11.5 Å². The predicted molar refractivity (Wildman–Crippen MR) is 134 cm³/mol. The summed E-state index contributed by atoms with van der Waals surface area (Å²) in [6.07, 6.45) is 1.56. The molecule has 1 aliphatic rings. The highest BCUT2D eigenvalue weighted by molar-refractivity contribution is 7.17. The first-order chi connectivity index (χ1) is 16.9. The van der Waals surface area contributed by atoms with E-state index in [0.717, 1.165) is 22.7 Å². The average Bonchev–Trinajstić information content (AvgIpc) is 3.48. The van der Waals surface area contributed by atoms with Crippen molar-refractivity contribution in [2.45, 2.75) is 52.6 Å². The molecule has 3 aromatic heterocycles. The van der Waals surface area contributed by atoms with Gasteiger partial charge in [-0.25, -0.2) is 0 Å². The Labute approximate surface area is 206 Å². The van der Waals surface area contributed by atoms with Gasteiger partial charge in [-0.1, -0.05) is 19.9 Å². The molecule has 0 fully saturated rings. The van der Waals surface area contributed by atoms with E-state index in [2.05, 4.69) is 29.4 Å². The number of amides is 1. The average molecular weight is 496 g/mol. The summed E-state index contributed by atoms with van der Waals surface area (Å²) in [6.45, 7) is 7.76. The van der Waals surface area contributed by atoms with Gasteiger partial charge in [0.25, 0.3) is 5.56 Å². The molecular weight excluding hydrogens is 466 g/mol. The third-order valence-corrected chi connectivity index (χ3v) is 6.97. The smallest absolute Gasteiger partial charge is 0.272 e. The maximum Gasteiger partial charge on any atom is 0.272 e. The van der Waals surface area contributed by atoms with Crippen molar-refractivity contribution in [3.63, 3.8) is 0 Å². The van der Waals surface area contributed by atoms with Crippen LogP contribution in [0.5, 0.6) is 11.5 Å². The molecule has 1 aromatic carbocycles. The Morgan fingerprint density at radius 3 is 2.74 bits per heavy atom. The highest BCUT2D eigenvalue weighted by Crippen LogP contribution is 2.32. The second-order valence-corrected chi connectivity index (χ2v) is 10.2. The van der Waals surface area contributed by atoms with E-state index in [1.165, 1.54) is 11.3 Å². The molecule has 1 N–H and O–H groups in total. The van der Waals surface area contributed by atoms with Crippen LogP contribution in [0.2, 0.25) is 0 Å². The van der Waals surface area contributed by atoms with E-state index in [1.807, 2.05) is 41.0 Å². The van der Waals surface area contributed by atoms with E-state index in [9.17, 15) is 9.59 Å². The number of aromatic nitrogens is 4. The quantitative estimate of drug-likeness (QED) is 0.400. The topological polar surface area (TPSA) is 99.8 Å². The largest absolute Gasteiger partial charge is 0.486 e. The molecule has 0 saturated heterocycles. The third kappa shape index (κ3) is 4.62. The maximum absolute atomic E-state index is 13.0. The van der Waals surface area contributed by atoms with Crippen LogP contribution in [-0.2, 0) is 17.8 Å². The Bertz CT molecular complexity index is 1440. The normalized spacial score (nSPS) is 14.1. The Balaban J connectivity index is 1.27. The molecule has 1 atom stereocenters. The molecule has 0 spiro atoms. The number of rotatable bonds is 8. The summed E-state index contributed by atoms with van der Waals surface area (Å²) in [6, 6.07) is 7.53. The number of nitrogens with zero attached hydrogens (tertiary/aromatic N) is 4. The van der Waals surface area contributed by atoms with Crippen LogP contribution >= 0.6 is 11.3 Å². The van der Waals surface area contributed by atoms with Crippen LogP contribution in [0, 0.1) is 5.92 Å². The van der Waals surface area contributed by atoms with Crippen LogP contribution in [0.25, 0.3) is 16.0 Å². The summed E-state index contributed by atoms with van der Waals surface area (Å²) in [5, 5.41) is 13.7. The van der Waals surface area contributed by atoms with Gasteiger partial charge >= 0.3 is 0 Å². The van der Waals surface area contributed by atoms with Crippen LogP contribution < -0.4 is 20.3 Å². The molecule has 0 aliphatic carbocycles. The molecule has 1 aliphatic heterocycles. The lowest BCUT2D eigenvalue weighted by Crippen LogP contribution is -2.26. The molecular formula is C25H29N5O4S. The van der Waals surface area contributed by atoms with Gasteiger partial charge in [0.05, 0.1) is 11.6 Å². The van der Waals surface area contributed by atoms with Crippen LogP contribution in [0.15, 0.2) is 34.4 Å². The van der Waals surface area contributed by atoms with E-state index in [-0.39, 0.29) is 17.5 Å². The minimum atomic E-state index is -0.150. The highest BCUT2D eigenvalue weighted by atomic mass is 32.1. The fourth-order valence-corrected chi connectivity index (χ4v) is 5.23. The monoisotopic (exact) mass is 495 g/mol. The standard InChI is InChI=1S/C25H29N5O4S/c1-15(2)14-29-24(32)23-18(9-12-35-23)30-21(27-28-25(29)30)5-4-6-22(31)26-16(3)17-7-8-19-20(13-17)34-11-10-33-19/h7-9,12-13,15-16H,4-6,10-11,14H2,1-3H3,(H,26,31)/t16-/m0/s1. The summed E-state index contributed by atoms with van der Waals surface area (Å²) in [4.78, 5) is 25.6. The second-order valence-electron chi connectivity index (χ2n) is 9.24. The number of fused-ring (bicyclic) bond motifs is 4. The SMILES string of the molecule is CC(C)Cn1c(=O)c2sccc2n2c(CCCC(=O)N[C@@H](C)c3ccc4c(c3)OCCO4)nnc12. The molecule has 9 nitrogen and oxygen atoms in total. The van der Waals surface area contributed by atoms with Crippen LogP contribution in [0.1, 0.15) is 51.0 Å². The molecule has 4 aromatic rings. The minimum Gasteiger partial charge on any atom is -0.486 e. The lowest BCUT2D eigenvalue weighted by atomic mass is 10.1. The first-order valence-corrected chi connectivity index (χ1v) is 12.8.